The number of amides is 1. The first kappa shape index (κ1) is 17.0. The molecule has 2 aromatic rings. The Balaban J connectivity index is 2.18. The van der Waals surface area contributed by atoms with Crippen molar-refractivity contribution in [3.63, 3.8) is 0 Å². The molecule has 1 aliphatic rings. The van der Waals surface area contributed by atoms with Crippen molar-refractivity contribution in [1.29, 1.82) is 0 Å². The highest BCUT2D eigenvalue weighted by molar-refractivity contribution is 6.35. The molecule has 3 rings (SSSR count). The lowest BCUT2D eigenvalue weighted by Gasteiger charge is -2.30. The van der Waals surface area contributed by atoms with Crippen molar-refractivity contribution >= 4 is 28.3 Å². The summed E-state index contributed by atoms with van der Waals surface area (Å²) in [5.74, 6) is -0.428. The summed E-state index contributed by atoms with van der Waals surface area (Å²) in [4.78, 5) is 12.0. The highest BCUT2D eigenvalue weighted by Gasteiger charge is 2.51. The molecule has 1 N–H and O–H groups in total. The molecule has 2 aromatic carbocycles. The SMILES string of the molecule is CC1(C)CN([C@@H](c2cccc3cccc(Cl)c23)C(F)(F)F)NC1=O. The molecule has 0 spiro atoms. The van der Waals surface area contributed by atoms with Crippen LogP contribution in [0.25, 0.3) is 10.8 Å². The number of hydrogen-bond donors (Lipinski definition) is 1. The molecule has 1 saturated heterocycles. The Morgan fingerprint density at radius 1 is 1.21 bits per heavy atom. The summed E-state index contributed by atoms with van der Waals surface area (Å²) in [6.45, 7) is 3.19. The first-order valence-electron chi connectivity index (χ1n) is 7.43. The molecule has 3 nitrogen and oxygen atoms in total. The van der Waals surface area contributed by atoms with Gasteiger partial charge in [-0.2, -0.15) is 13.2 Å². The van der Waals surface area contributed by atoms with E-state index in [-0.39, 0.29) is 17.1 Å². The van der Waals surface area contributed by atoms with Gasteiger partial charge in [-0.1, -0.05) is 41.9 Å². The van der Waals surface area contributed by atoms with E-state index in [1.807, 2.05) is 0 Å². The second-order valence-electron chi connectivity index (χ2n) is 6.58. The van der Waals surface area contributed by atoms with Crippen molar-refractivity contribution in [3.8, 4) is 0 Å². The van der Waals surface area contributed by atoms with Crippen LogP contribution in [0.3, 0.4) is 0 Å². The third-order valence-electron chi connectivity index (χ3n) is 4.23. The minimum absolute atomic E-state index is 0.0311. The summed E-state index contributed by atoms with van der Waals surface area (Å²) in [7, 11) is 0. The van der Waals surface area contributed by atoms with Crippen LogP contribution in [0.4, 0.5) is 13.2 Å². The summed E-state index contributed by atoms with van der Waals surface area (Å²) in [5, 5.41) is 2.18. The van der Waals surface area contributed by atoms with Crippen LogP contribution >= 0.6 is 11.6 Å². The van der Waals surface area contributed by atoms with Crippen LogP contribution in [0.1, 0.15) is 25.5 Å². The largest absolute Gasteiger partial charge is 0.409 e. The molecule has 1 fully saturated rings. The maximum Gasteiger partial charge on any atom is 0.409 e. The van der Waals surface area contributed by atoms with Crippen LogP contribution in [0.15, 0.2) is 36.4 Å². The van der Waals surface area contributed by atoms with Crippen LogP contribution in [-0.2, 0) is 4.79 Å². The smallest absolute Gasteiger partial charge is 0.287 e. The Morgan fingerprint density at radius 2 is 1.83 bits per heavy atom. The van der Waals surface area contributed by atoms with E-state index in [1.54, 1.807) is 44.2 Å². The van der Waals surface area contributed by atoms with Gasteiger partial charge in [-0.15, -0.1) is 0 Å². The lowest BCUT2D eigenvalue weighted by Crippen LogP contribution is -2.43. The number of carbonyl (C=O) groups is 1. The lowest BCUT2D eigenvalue weighted by molar-refractivity contribution is -0.191. The predicted molar refractivity (Wildman–Crippen MR) is 86.4 cm³/mol. The number of hydrogen-bond acceptors (Lipinski definition) is 2. The first-order valence-corrected chi connectivity index (χ1v) is 7.80. The van der Waals surface area contributed by atoms with Crippen LogP contribution in [0.5, 0.6) is 0 Å². The fourth-order valence-corrected chi connectivity index (χ4v) is 3.34. The minimum Gasteiger partial charge on any atom is -0.287 e. The van der Waals surface area contributed by atoms with Gasteiger partial charge in [0.2, 0.25) is 5.91 Å². The van der Waals surface area contributed by atoms with Gasteiger partial charge < -0.3 is 0 Å². The third kappa shape index (κ3) is 2.84. The Morgan fingerprint density at radius 3 is 2.38 bits per heavy atom. The van der Waals surface area contributed by atoms with E-state index >= 15 is 0 Å². The monoisotopic (exact) mass is 356 g/mol. The zero-order valence-electron chi connectivity index (χ0n) is 13.1. The maximum absolute atomic E-state index is 13.9. The molecule has 1 atom stereocenters. The topological polar surface area (TPSA) is 32.3 Å². The van der Waals surface area contributed by atoms with Crippen LogP contribution in [-0.4, -0.2) is 23.6 Å². The van der Waals surface area contributed by atoms with Crippen molar-refractivity contribution < 1.29 is 18.0 Å². The number of fused-ring (bicyclic) bond motifs is 1. The molecular formula is C17H16ClF3N2O. The molecule has 0 unspecified atom stereocenters. The average molecular weight is 357 g/mol. The summed E-state index contributed by atoms with van der Waals surface area (Å²) in [5.41, 5.74) is 1.50. The van der Waals surface area contributed by atoms with Gasteiger partial charge in [0, 0.05) is 17.0 Å². The number of benzene rings is 2. The van der Waals surface area contributed by atoms with Crippen molar-refractivity contribution in [2.24, 2.45) is 5.41 Å². The van der Waals surface area contributed by atoms with Crippen molar-refractivity contribution in [2.45, 2.75) is 26.1 Å². The first-order chi connectivity index (χ1) is 11.1. The summed E-state index contributed by atoms with van der Waals surface area (Å²) < 4.78 is 41.6. The molecule has 7 heteroatoms. The summed E-state index contributed by atoms with van der Waals surface area (Å²) in [6, 6.07) is 7.69. The summed E-state index contributed by atoms with van der Waals surface area (Å²) >= 11 is 6.17. The summed E-state index contributed by atoms with van der Waals surface area (Å²) in [6.07, 6.45) is -4.57. The molecule has 1 aliphatic heterocycles. The van der Waals surface area contributed by atoms with Crippen LogP contribution in [0, 0.1) is 5.41 Å². The normalized spacial score (nSPS) is 19.5. The fourth-order valence-electron chi connectivity index (χ4n) is 3.05. The van der Waals surface area contributed by atoms with Gasteiger partial charge in [-0.25, -0.2) is 5.01 Å². The molecule has 0 saturated carbocycles. The quantitative estimate of drug-likeness (QED) is 0.861. The fraction of sp³-hybridized carbons (Fsp3) is 0.353. The highest BCUT2D eigenvalue weighted by Crippen LogP contribution is 2.43. The van der Waals surface area contributed by atoms with Gasteiger partial charge in [0.05, 0.1) is 5.41 Å². The Hall–Kier alpha value is -1.79. The number of rotatable bonds is 2. The number of halogens is 4. The highest BCUT2D eigenvalue weighted by atomic mass is 35.5. The average Bonchev–Trinajstić information content (AvgIpc) is 2.71. The van der Waals surface area contributed by atoms with Crippen LogP contribution in [0.2, 0.25) is 5.02 Å². The van der Waals surface area contributed by atoms with Gasteiger partial charge in [-0.05, 0) is 30.9 Å². The zero-order valence-corrected chi connectivity index (χ0v) is 13.9. The van der Waals surface area contributed by atoms with E-state index in [0.717, 1.165) is 5.01 Å². The van der Waals surface area contributed by atoms with E-state index in [2.05, 4.69) is 5.43 Å². The maximum atomic E-state index is 13.9. The van der Waals surface area contributed by atoms with E-state index in [1.165, 1.54) is 6.07 Å². The van der Waals surface area contributed by atoms with E-state index in [0.29, 0.717) is 10.8 Å². The lowest BCUT2D eigenvalue weighted by atomic mass is 9.93. The number of alkyl halides is 3. The second kappa shape index (κ2) is 5.63. The van der Waals surface area contributed by atoms with Crippen LogP contribution < -0.4 is 5.43 Å². The molecule has 0 bridgehead atoms. The number of nitrogens with zero attached hydrogens (tertiary/aromatic N) is 1. The standard InChI is InChI=1S/C17H16ClF3N2O/c1-16(2)9-23(22-15(16)24)14(17(19,20)21)11-7-3-5-10-6-4-8-12(18)13(10)11/h3-8,14H,9H2,1-2H3,(H,22,24)/t14-/m0/s1. The molecule has 128 valence electrons. The van der Waals surface area contributed by atoms with Crippen molar-refractivity contribution in [1.82, 2.24) is 10.4 Å². The van der Waals surface area contributed by atoms with Gasteiger partial charge in [0.1, 0.15) is 0 Å². The Kier molecular flexibility index (Phi) is 4.00. The van der Waals surface area contributed by atoms with Gasteiger partial charge in [0.15, 0.2) is 6.04 Å². The van der Waals surface area contributed by atoms with E-state index in [4.69, 9.17) is 11.6 Å². The van der Waals surface area contributed by atoms with E-state index < -0.39 is 23.5 Å². The number of nitrogens with one attached hydrogen (secondary N) is 1. The third-order valence-corrected chi connectivity index (χ3v) is 4.54. The Labute approximate surface area is 142 Å². The predicted octanol–water partition coefficient (Wildman–Crippen LogP) is 4.47. The molecule has 0 aromatic heterocycles. The number of carbonyl (C=O) groups excluding carboxylic acids is 1. The molecule has 1 heterocycles. The number of hydrazine groups is 1. The Bertz CT molecular complexity index is 799. The molecule has 24 heavy (non-hydrogen) atoms. The molecule has 0 aliphatic carbocycles. The van der Waals surface area contributed by atoms with Crippen molar-refractivity contribution in [3.05, 3.63) is 47.0 Å². The minimum atomic E-state index is -4.57. The zero-order chi connectivity index (χ0) is 17.7. The molecule has 0 radical (unpaired) electrons. The van der Waals surface area contributed by atoms with Gasteiger partial charge in [0.25, 0.3) is 0 Å². The second-order valence-corrected chi connectivity index (χ2v) is 6.99. The van der Waals surface area contributed by atoms with E-state index in [9.17, 15) is 18.0 Å². The molecule has 1 amide bonds. The van der Waals surface area contributed by atoms with Gasteiger partial charge in [-0.3, -0.25) is 10.2 Å². The van der Waals surface area contributed by atoms with Crippen molar-refractivity contribution in [2.75, 3.05) is 6.54 Å². The van der Waals surface area contributed by atoms with Gasteiger partial charge >= 0.3 is 6.18 Å². The molecular weight excluding hydrogens is 341 g/mol.